The predicted molar refractivity (Wildman–Crippen MR) is 62.4 cm³/mol. The van der Waals surface area contributed by atoms with Gasteiger partial charge in [0, 0.05) is 31.3 Å². The number of ether oxygens (including phenoxy) is 1. The minimum absolute atomic E-state index is 0.637. The summed E-state index contributed by atoms with van der Waals surface area (Å²) in [5, 5.41) is 0. The van der Waals surface area contributed by atoms with E-state index in [1.54, 1.807) is 18.4 Å². The van der Waals surface area contributed by atoms with Gasteiger partial charge in [0.25, 0.3) is 0 Å². The normalized spacial score (nSPS) is 22.4. The fraction of sp³-hybridized carbons (Fsp3) is 0.700. The van der Waals surface area contributed by atoms with Crippen LogP contribution in [0.3, 0.4) is 0 Å². The summed E-state index contributed by atoms with van der Waals surface area (Å²) in [7, 11) is 1.77. The number of hydrogen-bond acceptors (Lipinski definition) is 4. The van der Waals surface area contributed by atoms with Crippen LogP contribution in [0.1, 0.15) is 11.3 Å². The van der Waals surface area contributed by atoms with Crippen molar-refractivity contribution in [1.29, 1.82) is 0 Å². The third-order valence-electron chi connectivity index (χ3n) is 2.68. The molecular formula is C10H15ClN2OS. The second kappa shape index (κ2) is 5.25. The lowest BCUT2D eigenvalue weighted by Crippen LogP contribution is -2.20. The first-order valence-corrected chi connectivity index (χ1v) is 6.29. The standard InChI is InChI=1S/C10H15ClN2OS/c1-14-7-8-2-3-13(5-8)6-9-4-12-10(11)15-9/h4,8H,2-3,5-7H2,1H3. The van der Waals surface area contributed by atoms with E-state index in [0.717, 1.165) is 26.2 Å². The second-order valence-electron chi connectivity index (χ2n) is 3.92. The zero-order valence-corrected chi connectivity index (χ0v) is 10.4. The summed E-state index contributed by atoms with van der Waals surface area (Å²) in [6.07, 6.45) is 3.11. The SMILES string of the molecule is COCC1CCN(Cc2cnc(Cl)s2)C1. The quantitative estimate of drug-likeness (QED) is 0.815. The predicted octanol–water partition coefficient (Wildman–Crippen LogP) is 2.26. The molecule has 0 aliphatic carbocycles. The summed E-state index contributed by atoms with van der Waals surface area (Å²) in [5.41, 5.74) is 0. The minimum Gasteiger partial charge on any atom is -0.384 e. The number of thiazole rings is 1. The summed E-state index contributed by atoms with van der Waals surface area (Å²) in [5.74, 6) is 0.693. The molecule has 0 spiro atoms. The molecule has 0 N–H and O–H groups in total. The van der Waals surface area contributed by atoms with Crippen molar-refractivity contribution in [1.82, 2.24) is 9.88 Å². The van der Waals surface area contributed by atoms with Gasteiger partial charge in [-0.2, -0.15) is 0 Å². The van der Waals surface area contributed by atoms with Crippen molar-refractivity contribution in [2.24, 2.45) is 5.92 Å². The van der Waals surface area contributed by atoms with Gasteiger partial charge in [-0.05, 0) is 18.9 Å². The lowest BCUT2D eigenvalue weighted by Gasteiger charge is -2.14. The third kappa shape index (κ3) is 3.14. The van der Waals surface area contributed by atoms with E-state index in [1.165, 1.54) is 11.3 Å². The Bertz CT molecular complexity index is 318. The maximum absolute atomic E-state index is 5.79. The molecule has 1 aliphatic rings. The number of hydrogen-bond donors (Lipinski definition) is 0. The first-order valence-electron chi connectivity index (χ1n) is 5.09. The Labute approximate surface area is 99.0 Å². The molecule has 1 aliphatic heterocycles. The van der Waals surface area contributed by atoms with Gasteiger partial charge in [0.2, 0.25) is 0 Å². The van der Waals surface area contributed by atoms with E-state index < -0.39 is 0 Å². The molecule has 5 heteroatoms. The average molecular weight is 247 g/mol. The van der Waals surface area contributed by atoms with Gasteiger partial charge in [0.05, 0.1) is 6.61 Å². The number of rotatable bonds is 4. The fourth-order valence-corrected chi connectivity index (χ4v) is 3.03. The summed E-state index contributed by atoms with van der Waals surface area (Å²) >= 11 is 7.36. The molecule has 0 amide bonds. The summed E-state index contributed by atoms with van der Waals surface area (Å²) in [4.78, 5) is 7.73. The Balaban J connectivity index is 1.82. The van der Waals surface area contributed by atoms with Gasteiger partial charge in [-0.15, -0.1) is 11.3 Å². The highest BCUT2D eigenvalue weighted by Crippen LogP contribution is 2.23. The van der Waals surface area contributed by atoms with Crippen molar-refractivity contribution >= 4 is 22.9 Å². The van der Waals surface area contributed by atoms with E-state index >= 15 is 0 Å². The van der Waals surface area contributed by atoms with Gasteiger partial charge in [-0.3, -0.25) is 4.90 Å². The molecule has 3 nitrogen and oxygen atoms in total. The highest BCUT2D eigenvalue weighted by Gasteiger charge is 2.22. The van der Waals surface area contributed by atoms with E-state index in [9.17, 15) is 0 Å². The molecule has 1 atom stereocenters. The Morgan fingerprint density at radius 1 is 1.73 bits per heavy atom. The average Bonchev–Trinajstić information content (AvgIpc) is 2.78. The van der Waals surface area contributed by atoms with Crippen molar-refractivity contribution in [3.8, 4) is 0 Å². The lowest BCUT2D eigenvalue weighted by atomic mass is 10.1. The zero-order valence-electron chi connectivity index (χ0n) is 8.78. The summed E-state index contributed by atoms with van der Waals surface area (Å²) in [6.45, 7) is 4.14. The molecule has 0 bridgehead atoms. The third-order valence-corrected chi connectivity index (χ3v) is 3.78. The van der Waals surface area contributed by atoms with Crippen LogP contribution in [0.2, 0.25) is 4.47 Å². The highest BCUT2D eigenvalue weighted by atomic mass is 35.5. The van der Waals surface area contributed by atoms with Crippen molar-refractivity contribution in [3.05, 3.63) is 15.5 Å². The number of aromatic nitrogens is 1. The van der Waals surface area contributed by atoms with Gasteiger partial charge >= 0.3 is 0 Å². The maximum Gasteiger partial charge on any atom is 0.183 e. The Hall–Kier alpha value is -0.160. The first kappa shape index (κ1) is 11.3. The second-order valence-corrected chi connectivity index (χ2v) is 5.62. The Kier molecular flexibility index (Phi) is 3.97. The molecule has 84 valence electrons. The van der Waals surface area contributed by atoms with Gasteiger partial charge in [-0.1, -0.05) is 11.6 Å². The molecule has 15 heavy (non-hydrogen) atoms. The molecule has 2 rings (SSSR count). The number of halogens is 1. The van der Waals surface area contributed by atoms with E-state index in [-0.39, 0.29) is 0 Å². The maximum atomic E-state index is 5.79. The van der Waals surface area contributed by atoms with Crippen LogP contribution >= 0.6 is 22.9 Å². The molecule has 2 heterocycles. The van der Waals surface area contributed by atoms with Crippen molar-refractivity contribution in [3.63, 3.8) is 0 Å². The van der Waals surface area contributed by atoms with Crippen LogP contribution in [-0.2, 0) is 11.3 Å². The van der Waals surface area contributed by atoms with E-state index in [0.29, 0.717) is 10.4 Å². The topological polar surface area (TPSA) is 25.4 Å². The zero-order chi connectivity index (χ0) is 10.7. The Morgan fingerprint density at radius 3 is 3.27 bits per heavy atom. The molecule has 1 unspecified atom stereocenters. The fourth-order valence-electron chi connectivity index (χ4n) is 2.01. The largest absolute Gasteiger partial charge is 0.384 e. The number of nitrogens with zero attached hydrogens (tertiary/aromatic N) is 2. The molecule has 0 aromatic carbocycles. The van der Waals surface area contributed by atoms with Gasteiger partial charge < -0.3 is 4.74 Å². The highest BCUT2D eigenvalue weighted by molar-refractivity contribution is 7.15. The lowest BCUT2D eigenvalue weighted by molar-refractivity contribution is 0.153. The minimum atomic E-state index is 0.637. The van der Waals surface area contributed by atoms with Crippen LogP contribution in [0.5, 0.6) is 0 Å². The smallest absolute Gasteiger partial charge is 0.183 e. The molecule has 0 saturated carbocycles. The number of methoxy groups -OCH3 is 1. The van der Waals surface area contributed by atoms with Crippen molar-refractivity contribution in [2.45, 2.75) is 13.0 Å². The molecule has 0 radical (unpaired) electrons. The van der Waals surface area contributed by atoms with Crippen molar-refractivity contribution in [2.75, 3.05) is 26.8 Å². The van der Waals surface area contributed by atoms with Crippen LogP contribution in [0.25, 0.3) is 0 Å². The van der Waals surface area contributed by atoms with Crippen LogP contribution < -0.4 is 0 Å². The Morgan fingerprint density at radius 2 is 2.60 bits per heavy atom. The van der Waals surface area contributed by atoms with E-state index in [2.05, 4.69) is 9.88 Å². The van der Waals surface area contributed by atoms with Gasteiger partial charge in [0.15, 0.2) is 4.47 Å². The molecule has 1 aromatic heterocycles. The van der Waals surface area contributed by atoms with Crippen LogP contribution in [-0.4, -0.2) is 36.7 Å². The molecule has 1 aromatic rings. The summed E-state index contributed by atoms with van der Waals surface area (Å²) < 4.78 is 5.81. The van der Waals surface area contributed by atoms with Gasteiger partial charge in [-0.25, -0.2) is 4.98 Å². The van der Waals surface area contributed by atoms with Crippen LogP contribution in [0.15, 0.2) is 6.20 Å². The monoisotopic (exact) mass is 246 g/mol. The number of likely N-dealkylation sites (tertiary alicyclic amines) is 1. The van der Waals surface area contributed by atoms with Crippen LogP contribution in [0.4, 0.5) is 0 Å². The first-order chi connectivity index (χ1) is 7.28. The van der Waals surface area contributed by atoms with E-state index in [4.69, 9.17) is 16.3 Å². The molecule has 1 saturated heterocycles. The molecule has 1 fully saturated rings. The van der Waals surface area contributed by atoms with Crippen LogP contribution in [0, 0.1) is 5.92 Å². The van der Waals surface area contributed by atoms with Crippen molar-refractivity contribution < 1.29 is 4.74 Å². The molecular weight excluding hydrogens is 232 g/mol. The van der Waals surface area contributed by atoms with E-state index in [1.807, 2.05) is 6.20 Å². The summed E-state index contributed by atoms with van der Waals surface area (Å²) in [6, 6.07) is 0. The van der Waals surface area contributed by atoms with Gasteiger partial charge in [0.1, 0.15) is 0 Å².